The summed E-state index contributed by atoms with van der Waals surface area (Å²) in [5.41, 5.74) is 4.24. The van der Waals surface area contributed by atoms with Crippen LogP contribution in [0, 0.1) is 0 Å². The Balaban J connectivity index is 0.00000280. The maximum absolute atomic E-state index is 13.3. The molecule has 2 aromatic heterocycles. The molecule has 0 radical (unpaired) electrons. The highest BCUT2D eigenvalue weighted by Gasteiger charge is 2.31. The van der Waals surface area contributed by atoms with E-state index in [1.165, 1.54) is 15.3 Å². The van der Waals surface area contributed by atoms with Crippen LogP contribution in [0.2, 0.25) is 0 Å². The van der Waals surface area contributed by atoms with Gasteiger partial charge in [-0.05, 0) is 54.9 Å². The molecule has 4 heterocycles. The summed E-state index contributed by atoms with van der Waals surface area (Å²) in [6.45, 7) is 5.02. The van der Waals surface area contributed by atoms with Gasteiger partial charge in [-0.25, -0.2) is 4.98 Å². The molecular formula is C27H25ClN4O3S2. The number of para-hydroxylation sites is 1. The number of nitrogens with one attached hydrogen (secondary N) is 1. The molecule has 0 saturated carbocycles. The van der Waals surface area contributed by atoms with E-state index in [9.17, 15) is 14.4 Å². The third-order valence-electron chi connectivity index (χ3n) is 6.76. The number of carbonyl (C=O) groups excluding carboxylic acids is 3. The number of hydrogen-bond acceptors (Lipinski definition) is 7. The first-order valence-electron chi connectivity index (χ1n) is 12.0. The van der Waals surface area contributed by atoms with Gasteiger partial charge < -0.3 is 5.32 Å². The van der Waals surface area contributed by atoms with Crippen molar-refractivity contribution in [2.24, 2.45) is 0 Å². The number of likely N-dealkylation sites (N-methyl/N-ethyl adjacent to an activating group) is 1. The summed E-state index contributed by atoms with van der Waals surface area (Å²) in [7, 11) is 0. The molecule has 3 amide bonds. The van der Waals surface area contributed by atoms with E-state index in [0.717, 1.165) is 51.8 Å². The zero-order valence-electron chi connectivity index (χ0n) is 20.2. The van der Waals surface area contributed by atoms with Gasteiger partial charge in [-0.1, -0.05) is 19.1 Å². The maximum atomic E-state index is 13.3. The van der Waals surface area contributed by atoms with Crippen LogP contribution < -0.4 is 10.2 Å². The van der Waals surface area contributed by atoms with Gasteiger partial charge in [-0.3, -0.25) is 24.2 Å². The number of amides is 3. The number of aromatic nitrogens is 1. The molecule has 37 heavy (non-hydrogen) atoms. The van der Waals surface area contributed by atoms with Crippen LogP contribution in [0.1, 0.15) is 40.6 Å². The molecule has 4 aromatic rings. The Bertz CT molecular complexity index is 1460. The van der Waals surface area contributed by atoms with Crippen LogP contribution in [0.15, 0.2) is 48.5 Å². The van der Waals surface area contributed by atoms with Crippen molar-refractivity contribution in [3.05, 3.63) is 64.5 Å². The van der Waals surface area contributed by atoms with Crippen molar-refractivity contribution in [1.82, 2.24) is 9.88 Å². The fraction of sp³-hybridized carbons (Fsp3) is 0.259. The minimum Gasteiger partial charge on any atom is -0.313 e. The van der Waals surface area contributed by atoms with Crippen molar-refractivity contribution in [3.63, 3.8) is 0 Å². The number of hydrogen-bond donors (Lipinski definition) is 1. The largest absolute Gasteiger partial charge is 0.313 e. The van der Waals surface area contributed by atoms with Gasteiger partial charge in [0, 0.05) is 41.9 Å². The van der Waals surface area contributed by atoms with Gasteiger partial charge in [0.05, 0.1) is 15.9 Å². The Hall–Kier alpha value is -3.11. The van der Waals surface area contributed by atoms with Crippen molar-refractivity contribution in [3.8, 4) is 10.6 Å². The summed E-state index contributed by atoms with van der Waals surface area (Å²) >= 11 is 3.28. The minimum atomic E-state index is -0.228. The summed E-state index contributed by atoms with van der Waals surface area (Å²) in [6, 6.07) is 14.7. The smallest absolute Gasteiger partial charge is 0.256 e. The Morgan fingerprint density at radius 3 is 2.43 bits per heavy atom. The second kappa shape index (κ2) is 10.3. The van der Waals surface area contributed by atoms with E-state index in [-0.39, 0.29) is 43.0 Å². The van der Waals surface area contributed by atoms with Crippen molar-refractivity contribution in [1.29, 1.82) is 0 Å². The van der Waals surface area contributed by atoms with E-state index in [0.29, 0.717) is 11.3 Å². The molecule has 2 aliphatic rings. The maximum Gasteiger partial charge on any atom is 0.256 e. The normalized spacial score (nSPS) is 15.6. The van der Waals surface area contributed by atoms with E-state index in [4.69, 9.17) is 4.98 Å². The van der Waals surface area contributed by atoms with Gasteiger partial charge in [0.15, 0.2) is 0 Å². The summed E-state index contributed by atoms with van der Waals surface area (Å²) in [5, 5.41) is 4.89. The van der Waals surface area contributed by atoms with Gasteiger partial charge in [0.25, 0.3) is 5.91 Å². The summed E-state index contributed by atoms with van der Waals surface area (Å²) in [4.78, 5) is 47.1. The van der Waals surface area contributed by atoms with E-state index in [1.54, 1.807) is 46.9 Å². The first kappa shape index (κ1) is 25.5. The van der Waals surface area contributed by atoms with E-state index in [1.807, 2.05) is 18.2 Å². The molecule has 190 valence electrons. The standard InChI is InChI=1S/C27H24N4O3S2.ClH/c1-2-30-14-13-18-21(15-30)36-27(24(18)26-28-19-5-3-4-6-20(19)35-26)29-25(34)16-7-9-17(10-8-16)31-22(32)11-12-23(31)33;/h3-10H,2,11-15H2,1H3,(H,29,34);1H. The zero-order chi connectivity index (χ0) is 24.8. The zero-order valence-corrected chi connectivity index (χ0v) is 22.6. The number of nitrogens with zero attached hydrogens (tertiary/aromatic N) is 3. The molecule has 7 nitrogen and oxygen atoms in total. The van der Waals surface area contributed by atoms with Gasteiger partial charge >= 0.3 is 0 Å². The molecule has 0 unspecified atom stereocenters. The Morgan fingerprint density at radius 2 is 1.73 bits per heavy atom. The molecule has 1 N–H and O–H groups in total. The predicted octanol–water partition coefficient (Wildman–Crippen LogP) is 5.73. The molecule has 2 aliphatic heterocycles. The monoisotopic (exact) mass is 552 g/mol. The van der Waals surface area contributed by atoms with Gasteiger partial charge in [-0.15, -0.1) is 35.1 Å². The molecule has 0 bridgehead atoms. The van der Waals surface area contributed by atoms with Crippen LogP contribution >= 0.6 is 35.1 Å². The van der Waals surface area contributed by atoms with Crippen LogP contribution in [-0.2, 0) is 22.6 Å². The highest BCUT2D eigenvalue weighted by molar-refractivity contribution is 7.23. The van der Waals surface area contributed by atoms with Gasteiger partial charge in [-0.2, -0.15) is 0 Å². The molecule has 1 saturated heterocycles. The number of halogens is 1. The Morgan fingerprint density at radius 1 is 1.00 bits per heavy atom. The Labute approximate surface area is 228 Å². The summed E-state index contributed by atoms with van der Waals surface area (Å²) < 4.78 is 1.12. The highest BCUT2D eigenvalue weighted by Crippen LogP contribution is 2.45. The van der Waals surface area contributed by atoms with E-state index < -0.39 is 0 Å². The van der Waals surface area contributed by atoms with Crippen LogP contribution in [0.3, 0.4) is 0 Å². The molecule has 0 aliphatic carbocycles. The lowest BCUT2D eigenvalue weighted by Crippen LogP contribution is -2.29. The second-order valence-electron chi connectivity index (χ2n) is 8.94. The first-order valence-corrected chi connectivity index (χ1v) is 13.6. The number of imide groups is 1. The molecule has 0 spiro atoms. The summed E-state index contributed by atoms with van der Waals surface area (Å²) in [6.07, 6.45) is 1.38. The summed E-state index contributed by atoms with van der Waals surface area (Å²) in [5.74, 6) is -0.639. The number of thiophene rings is 1. The fourth-order valence-corrected chi connectivity index (χ4v) is 7.22. The van der Waals surface area contributed by atoms with Crippen molar-refractivity contribution in [2.75, 3.05) is 23.3 Å². The molecule has 2 aromatic carbocycles. The van der Waals surface area contributed by atoms with Crippen LogP contribution in [0.25, 0.3) is 20.8 Å². The lowest BCUT2D eigenvalue weighted by atomic mass is 10.0. The molecule has 10 heteroatoms. The third-order valence-corrected chi connectivity index (χ3v) is 8.94. The average Bonchev–Trinajstić information content (AvgIpc) is 3.57. The van der Waals surface area contributed by atoms with E-state index >= 15 is 0 Å². The number of benzene rings is 2. The second-order valence-corrected chi connectivity index (χ2v) is 11.1. The first-order chi connectivity index (χ1) is 17.5. The molecule has 1 fully saturated rings. The lowest BCUT2D eigenvalue weighted by molar-refractivity contribution is -0.121. The SMILES string of the molecule is CCN1CCc2c(sc(NC(=O)c3ccc(N4C(=O)CCC4=O)cc3)c2-c2nc3ccccc3s2)C1.Cl. The van der Waals surface area contributed by atoms with Crippen molar-refractivity contribution >= 4 is 73.7 Å². The number of rotatable bonds is 5. The highest BCUT2D eigenvalue weighted by atomic mass is 35.5. The number of fused-ring (bicyclic) bond motifs is 2. The molecule has 6 rings (SSSR count). The molecular weight excluding hydrogens is 528 g/mol. The fourth-order valence-electron chi connectivity index (χ4n) is 4.82. The lowest BCUT2D eigenvalue weighted by Gasteiger charge is -2.25. The number of carbonyl (C=O) groups is 3. The number of thiazole rings is 1. The predicted molar refractivity (Wildman–Crippen MR) is 151 cm³/mol. The van der Waals surface area contributed by atoms with Crippen LogP contribution in [0.4, 0.5) is 10.7 Å². The topological polar surface area (TPSA) is 82.6 Å². The number of anilines is 2. The Kier molecular flexibility index (Phi) is 7.13. The van der Waals surface area contributed by atoms with Crippen molar-refractivity contribution in [2.45, 2.75) is 32.7 Å². The molecule has 0 atom stereocenters. The van der Waals surface area contributed by atoms with Gasteiger partial charge in [0.2, 0.25) is 11.8 Å². The minimum absolute atomic E-state index is 0. The van der Waals surface area contributed by atoms with Crippen molar-refractivity contribution < 1.29 is 14.4 Å². The van der Waals surface area contributed by atoms with Gasteiger partial charge in [0.1, 0.15) is 10.0 Å². The third kappa shape index (κ3) is 4.68. The van der Waals surface area contributed by atoms with Crippen LogP contribution in [-0.4, -0.2) is 40.7 Å². The van der Waals surface area contributed by atoms with E-state index in [2.05, 4.69) is 23.2 Å². The van der Waals surface area contributed by atoms with Crippen LogP contribution in [0.5, 0.6) is 0 Å². The quantitative estimate of drug-likeness (QED) is 0.320. The average molecular weight is 553 g/mol.